The summed E-state index contributed by atoms with van der Waals surface area (Å²) in [6.07, 6.45) is 0. The lowest BCUT2D eigenvalue weighted by molar-refractivity contribution is 0.0983. The molecule has 1 aromatic heterocycles. The van der Waals surface area contributed by atoms with Crippen LogP contribution in [0.5, 0.6) is 0 Å². The minimum absolute atomic E-state index is 0. The molecule has 0 bridgehead atoms. The fourth-order valence-electron chi connectivity index (χ4n) is 4.77. The van der Waals surface area contributed by atoms with Crippen molar-refractivity contribution >= 4 is 55.0 Å². The Morgan fingerprint density at radius 3 is 2.15 bits per heavy atom. The van der Waals surface area contributed by atoms with Gasteiger partial charge in [-0.15, -0.1) is 12.4 Å². The van der Waals surface area contributed by atoms with Gasteiger partial charge in [0.15, 0.2) is 5.13 Å². The molecule has 0 spiro atoms. The molecule has 0 saturated heterocycles. The van der Waals surface area contributed by atoms with Gasteiger partial charge in [0.05, 0.1) is 15.1 Å². The zero-order valence-electron chi connectivity index (χ0n) is 24.3. The molecule has 0 saturated carbocycles. The molecule has 0 aliphatic heterocycles. The molecule has 0 aliphatic rings. The van der Waals surface area contributed by atoms with E-state index in [9.17, 15) is 13.2 Å². The summed E-state index contributed by atoms with van der Waals surface area (Å²) < 4.78 is 29.4. The minimum atomic E-state index is -3.73. The number of carbonyl (C=O) groups is 1. The van der Waals surface area contributed by atoms with E-state index in [0.717, 1.165) is 40.0 Å². The van der Waals surface area contributed by atoms with E-state index in [2.05, 4.69) is 31.7 Å². The van der Waals surface area contributed by atoms with Crippen LogP contribution in [0, 0.1) is 13.8 Å². The molecule has 7 nitrogen and oxygen atoms in total. The third kappa shape index (κ3) is 7.53. The summed E-state index contributed by atoms with van der Waals surface area (Å²) >= 11 is 1.52. The van der Waals surface area contributed by atoms with Gasteiger partial charge in [0.25, 0.3) is 5.91 Å². The standard InChI is InChI=1S/C31H38N4O3S2.ClH/c1-6-33(7-2)18-19-35(31-32-28-21-23(4)20-24(5)29(28)39-31)30(36)26-14-16-27(17-15-26)40(37,38)34(8-3)22-25-12-10-9-11-13-25;/h9-17,20-21H,6-8,18-19,22H2,1-5H3;1H. The Balaban J connectivity index is 0.00000462. The topological polar surface area (TPSA) is 73.8 Å². The highest BCUT2D eigenvalue weighted by Gasteiger charge is 2.26. The maximum Gasteiger partial charge on any atom is 0.260 e. The summed E-state index contributed by atoms with van der Waals surface area (Å²) in [5.41, 5.74) is 4.51. The highest BCUT2D eigenvalue weighted by Crippen LogP contribution is 2.33. The Labute approximate surface area is 254 Å². The Bertz CT molecular complexity index is 1550. The summed E-state index contributed by atoms with van der Waals surface area (Å²) in [6.45, 7) is 13.8. The number of nitrogens with zero attached hydrogens (tertiary/aromatic N) is 4. The molecule has 0 aliphatic carbocycles. The molecule has 0 N–H and O–H groups in total. The second kappa shape index (κ2) is 14.4. The number of rotatable bonds is 12. The van der Waals surface area contributed by atoms with Crippen LogP contribution in [0.3, 0.4) is 0 Å². The van der Waals surface area contributed by atoms with Crippen molar-refractivity contribution in [1.29, 1.82) is 0 Å². The molecule has 4 rings (SSSR count). The molecular formula is C31H39ClN4O3S2. The van der Waals surface area contributed by atoms with Crippen molar-refractivity contribution < 1.29 is 13.2 Å². The summed E-state index contributed by atoms with van der Waals surface area (Å²) in [4.78, 5) is 22.9. The lowest BCUT2D eigenvalue weighted by Crippen LogP contribution is -2.39. The Kier molecular flexibility index (Phi) is 11.5. The molecule has 0 atom stereocenters. The maximum atomic E-state index is 13.9. The first-order valence-corrected chi connectivity index (χ1v) is 16.0. The van der Waals surface area contributed by atoms with Crippen LogP contribution in [-0.4, -0.2) is 61.2 Å². The molecule has 4 aromatic rings. The number of hydrogen-bond acceptors (Lipinski definition) is 6. The van der Waals surface area contributed by atoms with Crippen LogP contribution in [0.25, 0.3) is 10.2 Å². The van der Waals surface area contributed by atoms with E-state index in [4.69, 9.17) is 4.98 Å². The fourth-order valence-corrected chi connectivity index (χ4v) is 7.25. The third-order valence-electron chi connectivity index (χ3n) is 7.11. The largest absolute Gasteiger partial charge is 0.302 e. The number of fused-ring (bicyclic) bond motifs is 1. The predicted octanol–water partition coefficient (Wildman–Crippen LogP) is 6.53. The average Bonchev–Trinajstić information content (AvgIpc) is 3.38. The zero-order valence-corrected chi connectivity index (χ0v) is 26.8. The van der Waals surface area contributed by atoms with E-state index >= 15 is 0 Å². The Hall–Kier alpha value is -2.82. The summed E-state index contributed by atoms with van der Waals surface area (Å²) in [6, 6.07) is 20.0. The van der Waals surface area contributed by atoms with E-state index in [1.807, 2.05) is 50.2 Å². The van der Waals surface area contributed by atoms with Gasteiger partial charge in [-0.3, -0.25) is 9.69 Å². The van der Waals surface area contributed by atoms with E-state index in [1.54, 1.807) is 17.0 Å². The average molecular weight is 615 g/mol. The van der Waals surface area contributed by atoms with Gasteiger partial charge in [0.1, 0.15) is 0 Å². The number of carbonyl (C=O) groups excluding carboxylic acids is 1. The van der Waals surface area contributed by atoms with Crippen LogP contribution in [0.4, 0.5) is 5.13 Å². The fraction of sp³-hybridized carbons (Fsp3) is 0.355. The number of hydrogen-bond donors (Lipinski definition) is 0. The van der Waals surface area contributed by atoms with Gasteiger partial charge < -0.3 is 4.90 Å². The zero-order chi connectivity index (χ0) is 28.9. The monoisotopic (exact) mass is 614 g/mol. The van der Waals surface area contributed by atoms with Gasteiger partial charge in [-0.05, 0) is 74.0 Å². The molecule has 220 valence electrons. The SMILES string of the molecule is CCN(CC)CCN(C(=O)c1ccc(S(=O)(=O)N(CC)Cc2ccccc2)cc1)c1nc2cc(C)cc(C)c2s1.Cl. The number of sulfonamides is 1. The highest BCUT2D eigenvalue weighted by molar-refractivity contribution is 7.89. The van der Waals surface area contributed by atoms with Gasteiger partial charge in [-0.25, -0.2) is 13.4 Å². The van der Waals surface area contributed by atoms with Crippen LogP contribution in [0.15, 0.2) is 71.6 Å². The molecular weight excluding hydrogens is 576 g/mol. The van der Waals surface area contributed by atoms with Crippen molar-refractivity contribution in [2.75, 3.05) is 37.6 Å². The van der Waals surface area contributed by atoms with Gasteiger partial charge in [0.2, 0.25) is 10.0 Å². The van der Waals surface area contributed by atoms with Crippen molar-refractivity contribution in [3.8, 4) is 0 Å². The summed E-state index contributed by atoms with van der Waals surface area (Å²) in [5.74, 6) is -0.193. The first-order chi connectivity index (χ1) is 19.2. The quantitative estimate of drug-likeness (QED) is 0.181. The second-order valence-corrected chi connectivity index (χ2v) is 12.8. The lowest BCUT2D eigenvalue weighted by Gasteiger charge is -2.25. The van der Waals surface area contributed by atoms with Crippen molar-refractivity contribution in [3.63, 3.8) is 0 Å². The van der Waals surface area contributed by atoms with Crippen molar-refractivity contribution in [3.05, 3.63) is 89.0 Å². The number of aromatic nitrogens is 1. The maximum absolute atomic E-state index is 13.9. The molecule has 0 unspecified atom stereocenters. The smallest absolute Gasteiger partial charge is 0.260 e. The number of aryl methyl sites for hydroxylation is 2. The summed E-state index contributed by atoms with van der Waals surface area (Å²) in [5, 5.41) is 0.651. The lowest BCUT2D eigenvalue weighted by atomic mass is 10.1. The second-order valence-electron chi connectivity index (χ2n) is 9.85. The normalized spacial score (nSPS) is 11.7. The van der Waals surface area contributed by atoms with Crippen LogP contribution in [0.2, 0.25) is 0 Å². The number of likely N-dealkylation sites (N-methyl/N-ethyl adjacent to an activating group) is 1. The van der Waals surface area contributed by atoms with Crippen LogP contribution in [-0.2, 0) is 16.6 Å². The molecule has 3 aromatic carbocycles. The van der Waals surface area contributed by atoms with Crippen LogP contribution >= 0.6 is 23.7 Å². The first kappa shape index (κ1) is 32.7. The van der Waals surface area contributed by atoms with Crippen LogP contribution in [0.1, 0.15) is 47.8 Å². The number of thiazole rings is 1. The molecule has 1 heterocycles. The van der Waals surface area contributed by atoms with Crippen molar-refractivity contribution in [2.24, 2.45) is 0 Å². The van der Waals surface area contributed by atoms with Crippen molar-refractivity contribution in [1.82, 2.24) is 14.2 Å². The molecule has 41 heavy (non-hydrogen) atoms. The number of anilines is 1. The van der Waals surface area contributed by atoms with Crippen LogP contribution < -0.4 is 4.90 Å². The minimum Gasteiger partial charge on any atom is -0.302 e. The molecule has 1 amide bonds. The Morgan fingerprint density at radius 2 is 1.54 bits per heavy atom. The third-order valence-corrected chi connectivity index (χ3v) is 10.3. The number of halogens is 1. The van der Waals surface area contributed by atoms with Crippen molar-refractivity contribution in [2.45, 2.75) is 46.1 Å². The first-order valence-electron chi connectivity index (χ1n) is 13.7. The molecule has 0 fully saturated rings. The van der Waals surface area contributed by atoms with Gasteiger partial charge in [-0.2, -0.15) is 4.31 Å². The van der Waals surface area contributed by atoms with Gasteiger partial charge in [0, 0.05) is 31.7 Å². The number of benzene rings is 3. The molecule has 10 heteroatoms. The number of amides is 1. The van der Waals surface area contributed by atoms with Gasteiger partial charge >= 0.3 is 0 Å². The highest BCUT2D eigenvalue weighted by atomic mass is 35.5. The van der Waals surface area contributed by atoms with E-state index in [0.29, 0.717) is 30.3 Å². The van der Waals surface area contributed by atoms with Gasteiger partial charge in [-0.1, -0.05) is 68.5 Å². The van der Waals surface area contributed by atoms with E-state index < -0.39 is 10.0 Å². The summed E-state index contributed by atoms with van der Waals surface area (Å²) in [7, 11) is -3.73. The van der Waals surface area contributed by atoms with E-state index in [1.165, 1.54) is 27.8 Å². The molecule has 0 radical (unpaired) electrons. The van der Waals surface area contributed by atoms with E-state index in [-0.39, 0.29) is 29.8 Å². The predicted molar refractivity (Wildman–Crippen MR) is 172 cm³/mol. The Morgan fingerprint density at radius 1 is 0.878 bits per heavy atom.